The lowest BCUT2D eigenvalue weighted by Gasteiger charge is -2.10. The van der Waals surface area contributed by atoms with Gasteiger partial charge in [0, 0.05) is 27.5 Å². The molecule has 0 radical (unpaired) electrons. The second-order valence-electron chi connectivity index (χ2n) is 6.06. The minimum Gasteiger partial charge on any atom is -0.494 e. The number of nitro benzene ring substituents is 1. The van der Waals surface area contributed by atoms with Crippen molar-refractivity contribution in [2.75, 3.05) is 11.9 Å². The summed E-state index contributed by atoms with van der Waals surface area (Å²) in [7, 11) is 0. The first-order valence-corrected chi connectivity index (χ1v) is 10.4. The van der Waals surface area contributed by atoms with Crippen molar-refractivity contribution in [2.24, 2.45) is 0 Å². The number of aromatic nitrogens is 2. The Morgan fingerprint density at radius 2 is 2.00 bits per heavy atom. The highest BCUT2D eigenvalue weighted by Crippen LogP contribution is 2.39. The third-order valence-corrected chi connectivity index (χ3v) is 5.84. The van der Waals surface area contributed by atoms with E-state index in [0.29, 0.717) is 22.6 Å². The van der Waals surface area contributed by atoms with Gasteiger partial charge in [-0.05, 0) is 46.6 Å². The Balaban J connectivity index is 1.78. The zero-order valence-corrected chi connectivity index (χ0v) is 17.7. The van der Waals surface area contributed by atoms with Crippen LogP contribution in [0.25, 0.3) is 21.3 Å². The van der Waals surface area contributed by atoms with Crippen molar-refractivity contribution in [3.63, 3.8) is 0 Å². The molecule has 0 saturated carbocycles. The van der Waals surface area contributed by atoms with E-state index in [0.717, 1.165) is 27.1 Å². The Morgan fingerprint density at radius 3 is 2.72 bits per heavy atom. The lowest BCUT2D eigenvalue weighted by atomic mass is 10.1. The Hall–Kier alpha value is -3.04. The highest BCUT2D eigenvalue weighted by molar-refractivity contribution is 9.10. The molecule has 0 aliphatic heterocycles. The average molecular weight is 471 g/mol. The second-order valence-corrected chi connectivity index (χ2v) is 7.77. The van der Waals surface area contributed by atoms with E-state index in [2.05, 4.69) is 31.2 Å². The van der Waals surface area contributed by atoms with Crippen molar-refractivity contribution in [1.82, 2.24) is 9.97 Å². The van der Waals surface area contributed by atoms with Gasteiger partial charge in [0.15, 0.2) is 0 Å². The Morgan fingerprint density at radius 1 is 1.21 bits per heavy atom. The summed E-state index contributed by atoms with van der Waals surface area (Å²) in [5, 5.41) is 17.2. The van der Waals surface area contributed by atoms with Crippen LogP contribution in [0.2, 0.25) is 0 Å². The van der Waals surface area contributed by atoms with Gasteiger partial charge in [-0.3, -0.25) is 10.1 Å². The molecule has 0 saturated heterocycles. The fraction of sp³-hybridized carbons (Fsp3) is 0.100. The van der Waals surface area contributed by atoms with Crippen LogP contribution in [-0.2, 0) is 0 Å². The number of nitro groups is 1. The summed E-state index contributed by atoms with van der Waals surface area (Å²) >= 11 is 4.96. The molecule has 2 aromatic heterocycles. The highest BCUT2D eigenvalue weighted by Gasteiger charge is 2.16. The molecule has 1 N–H and O–H groups in total. The van der Waals surface area contributed by atoms with E-state index in [-0.39, 0.29) is 5.69 Å². The molecule has 7 nitrogen and oxygen atoms in total. The number of nitrogens with one attached hydrogen (secondary N) is 1. The first-order chi connectivity index (χ1) is 14.1. The fourth-order valence-electron chi connectivity index (χ4n) is 2.93. The highest BCUT2D eigenvalue weighted by atomic mass is 79.9. The number of halogens is 1. The van der Waals surface area contributed by atoms with Crippen molar-refractivity contribution in [1.29, 1.82) is 0 Å². The number of rotatable bonds is 6. The van der Waals surface area contributed by atoms with Crippen LogP contribution in [0.4, 0.5) is 17.2 Å². The van der Waals surface area contributed by atoms with Gasteiger partial charge in [-0.1, -0.05) is 12.1 Å². The van der Waals surface area contributed by atoms with Gasteiger partial charge < -0.3 is 10.1 Å². The first-order valence-electron chi connectivity index (χ1n) is 8.73. The van der Waals surface area contributed by atoms with E-state index >= 15 is 0 Å². The second kappa shape index (κ2) is 8.14. The van der Waals surface area contributed by atoms with E-state index in [1.807, 2.05) is 36.6 Å². The van der Waals surface area contributed by atoms with Gasteiger partial charge in [-0.15, -0.1) is 11.3 Å². The van der Waals surface area contributed by atoms with Crippen LogP contribution in [0.15, 0.2) is 58.6 Å². The lowest BCUT2D eigenvalue weighted by molar-refractivity contribution is -0.384. The monoisotopic (exact) mass is 470 g/mol. The maximum absolute atomic E-state index is 11.1. The van der Waals surface area contributed by atoms with Crippen molar-refractivity contribution in [3.8, 4) is 16.9 Å². The quantitative estimate of drug-likeness (QED) is 0.267. The van der Waals surface area contributed by atoms with Crippen molar-refractivity contribution >= 4 is 54.7 Å². The van der Waals surface area contributed by atoms with Crippen molar-refractivity contribution in [2.45, 2.75) is 6.92 Å². The Bertz CT molecular complexity index is 1190. The van der Waals surface area contributed by atoms with Crippen LogP contribution >= 0.6 is 27.3 Å². The summed E-state index contributed by atoms with van der Waals surface area (Å²) in [5.74, 6) is 1.40. The van der Waals surface area contributed by atoms with Gasteiger partial charge >= 0.3 is 0 Å². The molecule has 0 amide bonds. The number of ether oxygens (including phenoxy) is 1. The SMILES string of the molecule is CCOc1ccc(-c2csc3ncnc(Nc4cc([N+](=O)[O-])ccc4Br)c23)cc1. The number of fused-ring (bicyclic) bond motifs is 1. The molecule has 146 valence electrons. The lowest BCUT2D eigenvalue weighted by Crippen LogP contribution is -1.98. The van der Waals surface area contributed by atoms with Crippen molar-refractivity contribution in [3.05, 3.63) is 68.8 Å². The third kappa shape index (κ3) is 3.92. The van der Waals surface area contributed by atoms with Crippen LogP contribution in [0.3, 0.4) is 0 Å². The van der Waals surface area contributed by atoms with Crippen LogP contribution in [-0.4, -0.2) is 21.5 Å². The molecule has 0 unspecified atom stereocenters. The number of non-ortho nitro benzene ring substituents is 1. The number of benzene rings is 2. The average Bonchev–Trinajstić information content (AvgIpc) is 3.15. The predicted molar refractivity (Wildman–Crippen MR) is 118 cm³/mol. The predicted octanol–water partition coefficient (Wildman–Crippen LogP) is 6.17. The Kier molecular flexibility index (Phi) is 5.41. The van der Waals surface area contributed by atoms with E-state index < -0.39 is 4.92 Å². The normalized spacial score (nSPS) is 10.8. The molecule has 0 aliphatic carbocycles. The van der Waals surface area contributed by atoms with Gasteiger partial charge in [0.05, 0.1) is 22.6 Å². The third-order valence-electron chi connectivity index (χ3n) is 4.26. The van der Waals surface area contributed by atoms with Crippen molar-refractivity contribution < 1.29 is 9.66 Å². The summed E-state index contributed by atoms with van der Waals surface area (Å²) in [5.41, 5.74) is 2.55. The fourth-order valence-corrected chi connectivity index (χ4v) is 4.19. The molecule has 29 heavy (non-hydrogen) atoms. The molecular weight excluding hydrogens is 456 g/mol. The zero-order chi connectivity index (χ0) is 20.4. The van der Waals surface area contributed by atoms with E-state index in [1.165, 1.54) is 29.8 Å². The molecule has 4 aromatic rings. The minimum absolute atomic E-state index is 0.00180. The largest absolute Gasteiger partial charge is 0.494 e. The topological polar surface area (TPSA) is 90.2 Å². The number of thiophene rings is 1. The maximum Gasteiger partial charge on any atom is 0.271 e. The molecular formula is C20H15BrN4O3S. The maximum atomic E-state index is 11.1. The molecule has 0 bridgehead atoms. The molecule has 2 aromatic carbocycles. The Labute approximate surface area is 178 Å². The molecule has 4 rings (SSSR count). The van der Waals surface area contributed by atoms with Gasteiger partial charge in [-0.25, -0.2) is 9.97 Å². The minimum atomic E-state index is -0.427. The standard InChI is InChI=1S/C20H15BrN4O3S/c1-2-28-14-6-3-12(4-7-14)15-10-29-20-18(15)19(22-11-23-20)24-17-9-13(25(26)27)5-8-16(17)21/h3-11H,2H2,1H3,(H,22,23,24). The van der Waals surface area contributed by atoms with Crippen LogP contribution < -0.4 is 10.1 Å². The molecule has 9 heteroatoms. The van der Waals surface area contributed by atoms with Gasteiger partial charge in [0.2, 0.25) is 0 Å². The summed E-state index contributed by atoms with van der Waals surface area (Å²) in [4.78, 5) is 20.3. The molecule has 0 atom stereocenters. The molecule has 0 spiro atoms. The summed E-state index contributed by atoms with van der Waals surface area (Å²) in [6.45, 7) is 2.56. The van der Waals surface area contributed by atoms with Crippen LogP contribution in [0.1, 0.15) is 6.92 Å². The summed E-state index contributed by atoms with van der Waals surface area (Å²) in [6, 6.07) is 12.4. The van der Waals surface area contributed by atoms with Crippen LogP contribution in [0, 0.1) is 10.1 Å². The first kappa shape index (κ1) is 19.3. The summed E-state index contributed by atoms with van der Waals surface area (Å²) < 4.78 is 6.22. The smallest absolute Gasteiger partial charge is 0.271 e. The van der Waals surface area contributed by atoms with Crippen LogP contribution in [0.5, 0.6) is 5.75 Å². The van der Waals surface area contributed by atoms with E-state index in [4.69, 9.17) is 4.74 Å². The summed E-state index contributed by atoms with van der Waals surface area (Å²) in [6.07, 6.45) is 1.48. The van der Waals surface area contributed by atoms with Gasteiger partial charge in [-0.2, -0.15) is 0 Å². The van der Waals surface area contributed by atoms with E-state index in [9.17, 15) is 10.1 Å². The van der Waals surface area contributed by atoms with E-state index in [1.54, 1.807) is 6.07 Å². The van der Waals surface area contributed by atoms with Gasteiger partial charge in [0.1, 0.15) is 22.7 Å². The number of hydrogen-bond acceptors (Lipinski definition) is 7. The van der Waals surface area contributed by atoms with Gasteiger partial charge in [0.25, 0.3) is 5.69 Å². The number of nitrogens with zero attached hydrogens (tertiary/aromatic N) is 3. The molecule has 2 heterocycles. The number of hydrogen-bond donors (Lipinski definition) is 1. The molecule has 0 fully saturated rings. The molecule has 0 aliphatic rings. The zero-order valence-electron chi connectivity index (χ0n) is 15.3. The number of anilines is 2.